The van der Waals surface area contributed by atoms with Crippen molar-refractivity contribution >= 4 is 18.9 Å². The van der Waals surface area contributed by atoms with Gasteiger partial charge in [0.05, 0.1) is 0 Å². The van der Waals surface area contributed by atoms with E-state index in [2.05, 4.69) is 20.8 Å². The van der Waals surface area contributed by atoms with Crippen LogP contribution < -0.4 is 0 Å². The molecule has 0 aliphatic carbocycles. The molecule has 37 heavy (non-hydrogen) atoms. The molecule has 0 rings (SSSR count). The van der Waals surface area contributed by atoms with E-state index in [9.17, 15) is 14.4 Å². The van der Waals surface area contributed by atoms with E-state index in [0.29, 0.717) is 0 Å². The van der Waals surface area contributed by atoms with Gasteiger partial charge in [-0.25, -0.2) is 0 Å². The molecule has 0 N–H and O–H groups in total. The molecule has 0 saturated carbocycles. The fraction of sp³-hybridized carbons (Fsp3) is 0.853. The first kappa shape index (κ1) is 40.2. The van der Waals surface area contributed by atoms with Crippen LogP contribution >= 0.6 is 0 Å². The number of unbranched alkanes of at least 4 members (excludes halogenated alkanes) is 23. The van der Waals surface area contributed by atoms with Crippen molar-refractivity contribution in [1.82, 2.24) is 0 Å². The molecule has 0 radical (unpaired) electrons. The van der Waals surface area contributed by atoms with Crippen LogP contribution in [-0.2, 0) is 14.4 Å². The molecular weight excluding hydrogens is 456 g/mol. The van der Waals surface area contributed by atoms with Crippen molar-refractivity contribution in [3.8, 4) is 0 Å². The second-order valence-electron chi connectivity index (χ2n) is 10.3. The van der Waals surface area contributed by atoms with E-state index < -0.39 is 0 Å². The second-order valence-corrected chi connectivity index (χ2v) is 10.3. The van der Waals surface area contributed by atoms with Gasteiger partial charge in [-0.2, -0.15) is 0 Å². The zero-order valence-corrected chi connectivity index (χ0v) is 25.5. The average Bonchev–Trinajstić information content (AvgIpc) is 2.91. The van der Waals surface area contributed by atoms with Crippen LogP contribution in [0.5, 0.6) is 0 Å². The number of hydrogen-bond acceptors (Lipinski definition) is 3. The standard InChI is InChI=1S/C13H26O.C13H24O.C8H16O/c2*1-2-3-4-5-6-7-8-9-10-11-12-13-14;1-2-3-4-5-6-7-8-9/h13H,2-12H2,1H3;11-13H,2-10H2,1H3;8H,2-7H2,1H3. The molecule has 0 spiro atoms. The smallest absolute Gasteiger partial charge is 0.142 e. The first-order chi connectivity index (χ1) is 18.2. The first-order valence-corrected chi connectivity index (χ1v) is 16.2. The van der Waals surface area contributed by atoms with E-state index in [4.69, 9.17) is 0 Å². The van der Waals surface area contributed by atoms with Gasteiger partial charge in [0, 0.05) is 12.8 Å². The number of hydrogen-bond donors (Lipinski definition) is 0. The molecule has 0 heterocycles. The number of aldehydes is 3. The van der Waals surface area contributed by atoms with Crippen LogP contribution in [0.2, 0.25) is 0 Å². The maximum atomic E-state index is 10.0. The second kappa shape index (κ2) is 44.7. The lowest BCUT2D eigenvalue weighted by Gasteiger charge is -2.00. The van der Waals surface area contributed by atoms with Crippen molar-refractivity contribution in [2.75, 3.05) is 0 Å². The van der Waals surface area contributed by atoms with Crippen LogP contribution in [0.4, 0.5) is 0 Å². The highest BCUT2D eigenvalue weighted by molar-refractivity contribution is 5.64. The summed E-state index contributed by atoms with van der Waals surface area (Å²) in [6.45, 7) is 6.70. The Labute approximate surface area is 233 Å². The SMILES string of the molecule is CCCCCCCC=O.CCCCCCCCCCC=CC=O.CCCCCCCCCCCCC=O. The molecule has 0 saturated heterocycles. The molecule has 3 nitrogen and oxygen atoms in total. The van der Waals surface area contributed by atoms with Crippen molar-refractivity contribution in [2.45, 2.75) is 188 Å². The summed E-state index contributed by atoms with van der Waals surface area (Å²) >= 11 is 0. The van der Waals surface area contributed by atoms with Crippen LogP contribution in [0.15, 0.2) is 12.2 Å². The van der Waals surface area contributed by atoms with Gasteiger partial charge in [0.2, 0.25) is 0 Å². The van der Waals surface area contributed by atoms with Gasteiger partial charge in [0.1, 0.15) is 18.9 Å². The van der Waals surface area contributed by atoms with Crippen LogP contribution in [0.3, 0.4) is 0 Å². The summed E-state index contributed by atoms with van der Waals surface area (Å²) < 4.78 is 0. The van der Waals surface area contributed by atoms with Gasteiger partial charge in [-0.3, -0.25) is 4.79 Å². The first-order valence-electron chi connectivity index (χ1n) is 16.2. The van der Waals surface area contributed by atoms with Crippen molar-refractivity contribution in [3.63, 3.8) is 0 Å². The predicted molar refractivity (Wildman–Crippen MR) is 164 cm³/mol. The molecule has 0 fully saturated rings. The number of carbonyl (C=O) groups is 3. The quantitative estimate of drug-likeness (QED) is 0.0612. The van der Waals surface area contributed by atoms with Gasteiger partial charge in [0.25, 0.3) is 0 Å². The molecule has 0 aliphatic rings. The molecule has 220 valence electrons. The third-order valence-corrected chi connectivity index (χ3v) is 6.54. The summed E-state index contributed by atoms with van der Waals surface area (Å²) in [5.41, 5.74) is 0. The highest BCUT2D eigenvalue weighted by atomic mass is 16.1. The van der Waals surface area contributed by atoms with Crippen molar-refractivity contribution in [1.29, 1.82) is 0 Å². The number of carbonyl (C=O) groups excluding carboxylic acids is 3. The van der Waals surface area contributed by atoms with Gasteiger partial charge in [-0.1, -0.05) is 155 Å². The fourth-order valence-corrected chi connectivity index (χ4v) is 4.09. The molecule has 0 unspecified atom stereocenters. The normalized spacial score (nSPS) is 10.4. The Morgan fingerprint density at radius 2 is 0.622 bits per heavy atom. The third kappa shape index (κ3) is 52.1. The topological polar surface area (TPSA) is 51.2 Å². The summed E-state index contributed by atoms with van der Waals surface area (Å²) in [5.74, 6) is 0. The van der Waals surface area contributed by atoms with E-state index in [0.717, 1.165) is 51.0 Å². The van der Waals surface area contributed by atoms with E-state index in [1.54, 1.807) is 6.08 Å². The summed E-state index contributed by atoms with van der Waals surface area (Å²) in [5, 5.41) is 0. The molecule has 0 aromatic carbocycles. The molecule has 0 aromatic heterocycles. The van der Waals surface area contributed by atoms with Crippen molar-refractivity contribution in [3.05, 3.63) is 12.2 Å². The summed E-state index contributed by atoms with van der Waals surface area (Å²) in [6.07, 6.45) is 39.5. The maximum Gasteiger partial charge on any atom is 0.142 e. The Balaban J connectivity index is -0.000000481. The lowest BCUT2D eigenvalue weighted by atomic mass is 10.1. The zero-order valence-electron chi connectivity index (χ0n) is 25.5. The Morgan fingerprint density at radius 3 is 0.892 bits per heavy atom. The number of allylic oxidation sites excluding steroid dienone is 2. The van der Waals surface area contributed by atoms with Crippen LogP contribution in [0.1, 0.15) is 188 Å². The van der Waals surface area contributed by atoms with Crippen molar-refractivity contribution in [2.24, 2.45) is 0 Å². The van der Waals surface area contributed by atoms with Gasteiger partial charge in [-0.05, 0) is 31.8 Å². The van der Waals surface area contributed by atoms with E-state index in [1.807, 2.05) is 6.08 Å². The molecule has 3 heteroatoms. The lowest BCUT2D eigenvalue weighted by molar-refractivity contribution is -0.108. The summed E-state index contributed by atoms with van der Waals surface area (Å²) in [6, 6.07) is 0. The zero-order chi connectivity index (χ0) is 27.9. The maximum absolute atomic E-state index is 10.0. The molecule has 0 aromatic rings. The highest BCUT2D eigenvalue weighted by Crippen LogP contribution is 2.11. The van der Waals surface area contributed by atoms with Crippen LogP contribution in [-0.4, -0.2) is 18.9 Å². The minimum atomic E-state index is 0.754. The monoisotopic (exact) mass is 523 g/mol. The Bertz CT molecular complexity index is 431. The largest absolute Gasteiger partial charge is 0.303 e. The van der Waals surface area contributed by atoms with E-state index >= 15 is 0 Å². The van der Waals surface area contributed by atoms with Gasteiger partial charge >= 0.3 is 0 Å². The third-order valence-electron chi connectivity index (χ3n) is 6.54. The predicted octanol–water partition coefficient (Wildman–Crippen LogP) is 11.3. The average molecular weight is 523 g/mol. The van der Waals surface area contributed by atoms with Crippen LogP contribution in [0.25, 0.3) is 0 Å². The number of rotatable bonds is 27. The van der Waals surface area contributed by atoms with Gasteiger partial charge in [-0.15, -0.1) is 0 Å². The van der Waals surface area contributed by atoms with Crippen LogP contribution in [0, 0.1) is 0 Å². The highest BCUT2D eigenvalue weighted by Gasteiger charge is 1.92. The van der Waals surface area contributed by atoms with Gasteiger partial charge in [0.15, 0.2) is 0 Å². The molecule has 0 bridgehead atoms. The Hall–Kier alpha value is -1.25. The fourth-order valence-electron chi connectivity index (χ4n) is 4.09. The Kier molecular flexibility index (Phi) is 48.7. The minimum absolute atomic E-state index is 0.754. The molecular formula is C34H66O3. The van der Waals surface area contributed by atoms with Crippen molar-refractivity contribution < 1.29 is 14.4 Å². The van der Waals surface area contributed by atoms with E-state index in [1.165, 1.54) is 135 Å². The summed E-state index contributed by atoms with van der Waals surface area (Å²) in [7, 11) is 0. The molecule has 0 aliphatic heterocycles. The Morgan fingerprint density at radius 1 is 0.351 bits per heavy atom. The van der Waals surface area contributed by atoms with Gasteiger partial charge < -0.3 is 9.59 Å². The van der Waals surface area contributed by atoms with E-state index in [-0.39, 0.29) is 0 Å². The summed E-state index contributed by atoms with van der Waals surface area (Å²) in [4.78, 5) is 29.8. The molecule has 0 amide bonds. The molecule has 0 atom stereocenters. The lowest BCUT2D eigenvalue weighted by Crippen LogP contribution is -1.82. The minimum Gasteiger partial charge on any atom is -0.303 e.